The van der Waals surface area contributed by atoms with Gasteiger partial charge < -0.3 is 9.88 Å². The van der Waals surface area contributed by atoms with Gasteiger partial charge in [-0.2, -0.15) is 0 Å². The monoisotopic (exact) mass is 205 g/mol. The third kappa shape index (κ3) is 1.59. The molecule has 1 aromatic heterocycles. The fraction of sp³-hybridized carbons (Fsp3) is 0.750. The van der Waals surface area contributed by atoms with Crippen LogP contribution in [-0.4, -0.2) is 16.1 Å². The summed E-state index contributed by atoms with van der Waals surface area (Å²) in [6, 6.07) is 0.523. The van der Waals surface area contributed by atoms with Crippen molar-refractivity contribution in [3.8, 4) is 0 Å². The standard InChI is InChI=1S/C12H19N3/c1-9-4-3-7-15-8-11(14-12(9)15)10-5-2-6-13-10/h8-10,13H,2-7H2,1H3. The SMILES string of the molecule is CC1CCCn2cc(C3CCCN3)nc21. The highest BCUT2D eigenvalue weighted by Gasteiger charge is 2.24. The van der Waals surface area contributed by atoms with Crippen molar-refractivity contribution in [2.45, 2.75) is 51.1 Å². The summed E-state index contributed by atoms with van der Waals surface area (Å²) < 4.78 is 2.36. The molecule has 1 fully saturated rings. The number of hydrogen-bond donors (Lipinski definition) is 1. The van der Waals surface area contributed by atoms with Crippen LogP contribution in [0.4, 0.5) is 0 Å². The van der Waals surface area contributed by atoms with Crippen LogP contribution in [0.25, 0.3) is 0 Å². The van der Waals surface area contributed by atoms with Crippen LogP contribution < -0.4 is 5.32 Å². The van der Waals surface area contributed by atoms with Crippen LogP contribution in [0, 0.1) is 0 Å². The van der Waals surface area contributed by atoms with Gasteiger partial charge in [-0.25, -0.2) is 4.98 Å². The maximum atomic E-state index is 4.81. The summed E-state index contributed by atoms with van der Waals surface area (Å²) in [6.07, 6.45) is 7.43. The molecule has 82 valence electrons. The molecule has 15 heavy (non-hydrogen) atoms. The number of nitrogens with one attached hydrogen (secondary N) is 1. The van der Waals surface area contributed by atoms with Gasteiger partial charge in [0.2, 0.25) is 0 Å². The van der Waals surface area contributed by atoms with Gasteiger partial charge in [-0.3, -0.25) is 0 Å². The van der Waals surface area contributed by atoms with Crippen LogP contribution in [-0.2, 0) is 6.54 Å². The van der Waals surface area contributed by atoms with E-state index in [1.807, 2.05) is 0 Å². The molecule has 2 aliphatic heterocycles. The molecule has 3 heterocycles. The van der Waals surface area contributed by atoms with Crippen LogP contribution in [0.3, 0.4) is 0 Å². The number of aromatic nitrogens is 2. The summed E-state index contributed by atoms with van der Waals surface area (Å²) in [6.45, 7) is 4.62. The summed E-state index contributed by atoms with van der Waals surface area (Å²) in [5, 5.41) is 3.52. The van der Waals surface area contributed by atoms with Gasteiger partial charge in [-0.15, -0.1) is 0 Å². The van der Waals surface area contributed by atoms with E-state index in [1.54, 1.807) is 0 Å². The molecule has 2 aliphatic rings. The van der Waals surface area contributed by atoms with Gasteiger partial charge in [0.25, 0.3) is 0 Å². The van der Waals surface area contributed by atoms with Crippen molar-refractivity contribution >= 4 is 0 Å². The van der Waals surface area contributed by atoms with Crippen molar-refractivity contribution in [1.82, 2.24) is 14.9 Å². The first-order valence-electron chi connectivity index (χ1n) is 6.15. The van der Waals surface area contributed by atoms with E-state index in [4.69, 9.17) is 4.98 Å². The average Bonchev–Trinajstić information content (AvgIpc) is 2.86. The van der Waals surface area contributed by atoms with Gasteiger partial charge in [0, 0.05) is 18.7 Å². The third-order valence-corrected chi connectivity index (χ3v) is 3.72. The van der Waals surface area contributed by atoms with Gasteiger partial charge in [0.05, 0.1) is 11.7 Å². The van der Waals surface area contributed by atoms with E-state index in [1.165, 1.54) is 43.7 Å². The van der Waals surface area contributed by atoms with E-state index in [-0.39, 0.29) is 0 Å². The zero-order chi connectivity index (χ0) is 10.3. The zero-order valence-corrected chi connectivity index (χ0v) is 9.37. The minimum absolute atomic E-state index is 0.523. The second-order valence-electron chi connectivity index (χ2n) is 4.91. The Hall–Kier alpha value is -0.830. The first-order valence-corrected chi connectivity index (χ1v) is 6.15. The summed E-state index contributed by atoms with van der Waals surface area (Å²) in [4.78, 5) is 4.81. The Morgan fingerprint density at radius 1 is 1.40 bits per heavy atom. The fourth-order valence-corrected chi connectivity index (χ4v) is 2.83. The lowest BCUT2D eigenvalue weighted by atomic mass is 10.0. The molecule has 0 amide bonds. The molecule has 1 aromatic rings. The minimum atomic E-state index is 0.523. The van der Waals surface area contributed by atoms with E-state index in [2.05, 4.69) is 23.0 Å². The number of fused-ring (bicyclic) bond motifs is 1. The fourth-order valence-electron chi connectivity index (χ4n) is 2.83. The second-order valence-corrected chi connectivity index (χ2v) is 4.91. The average molecular weight is 205 g/mol. The summed E-state index contributed by atoms with van der Waals surface area (Å²) >= 11 is 0. The van der Waals surface area contributed by atoms with Crippen LogP contribution in [0.15, 0.2) is 6.20 Å². The van der Waals surface area contributed by atoms with Crippen molar-refractivity contribution in [2.75, 3.05) is 6.54 Å². The molecule has 0 saturated carbocycles. The largest absolute Gasteiger partial charge is 0.334 e. The van der Waals surface area contributed by atoms with Crippen LogP contribution in [0.1, 0.15) is 56.1 Å². The number of rotatable bonds is 1. The number of aryl methyl sites for hydroxylation is 1. The molecule has 0 aliphatic carbocycles. The number of imidazole rings is 1. The van der Waals surface area contributed by atoms with E-state index in [9.17, 15) is 0 Å². The number of hydrogen-bond acceptors (Lipinski definition) is 2. The Balaban J connectivity index is 1.90. The maximum Gasteiger partial charge on any atom is 0.111 e. The Morgan fingerprint density at radius 2 is 2.33 bits per heavy atom. The first-order chi connectivity index (χ1) is 7.34. The molecule has 0 bridgehead atoms. The second kappa shape index (κ2) is 3.63. The molecule has 1 N–H and O–H groups in total. The molecule has 3 rings (SSSR count). The lowest BCUT2D eigenvalue weighted by Crippen LogP contribution is -2.13. The smallest absolute Gasteiger partial charge is 0.111 e. The molecule has 2 atom stereocenters. The van der Waals surface area contributed by atoms with Crippen LogP contribution in [0.2, 0.25) is 0 Å². The molecular formula is C12H19N3. The molecule has 3 heteroatoms. The molecule has 0 spiro atoms. The van der Waals surface area contributed by atoms with Gasteiger partial charge >= 0.3 is 0 Å². The highest BCUT2D eigenvalue weighted by atomic mass is 15.1. The highest BCUT2D eigenvalue weighted by Crippen LogP contribution is 2.29. The topological polar surface area (TPSA) is 29.9 Å². The Morgan fingerprint density at radius 3 is 3.07 bits per heavy atom. The van der Waals surface area contributed by atoms with Gasteiger partial charge in [-0.1, -0.05) is 6.92 Å². The maximum absolute atomic E-state index is 4.81. The summed E-state index contributed by atoms with van der Waals surface area (Å²) in [7, 11) is 0. The Labute approximate surface area is 90.9 Å². The molecule has 2 unspecified atom stereocenters. The summed E-state index contributed by atoms with van der Waals surface area (Å²) in [5.74, 6) is 1.96. The quantitative estimate of drug-likeness (QED) is 0.761. The zero-order valence-electron chi connectivity index (χ0n) is 9.37. The molecule has 0 aromatic carbocycles. The van der Waals surface area contributed by atoms with Crippen molar-refractivity contribution in [1.29, 1.82) is 0 Å². The predicted molar refractivity (Wildman–Crippen MR) is 59.9 cm³/mol. The van der Waals surface area contributed by atoms with E-state index in [0.29, 0.717) is 12.0 Å². The molecule has 0 radical (unpaired) electrons. The molecular weight excluding hydrogens is 186 g/mol. The first kappa shape index (κ1) is 9.40. The van der Waals surface area contributed by atoms with Gasteiger partial charge in [-0.05, 0) is 32.2 Å². The minimum Gasteiger partial charge on any atom is -0.334 e. The Bertz CT molecular complexity index is 350. The lowest BCUT2D eigenvalue weighted by Gasteiger charge is -2.19. The molecule has 1 saturated heterocycles. The van der Waals surface area contributed by atoms with Crippen LogP contribution >= 0.6 is 0 Å². The molecule has 3 nitrogen and oxygen atoms in total. The normalized spacial score (nSPS) is 30.5. The van der Waals surface area contributed by atoms with E-state index >= 15 is 0 Å². The highest BCUT2D eigenvalue weighted by molar-refractivity contribution is 5.14. The van der Waals surface area contributed by atoms with Crippen molar-refractivity contribution < 1.29 is 0 Å². The van der Waals surface area contributed by atoms with E-state index in [0.717, 1.165) is 6.54 Å². The van der Waals surface area contributed by atoms with Crippen molar-refractivity contribution in [3.63, 3.8) is 0 Å². The number of nitrogens with zero attached hydrogens (tertiary/aromatic N) is 2. The Kier molecular flexibility index (Phi) is 2.28. The van der Waals surface area contributed by atoms with E-state index < -0.39 is 0 Å². The summed E-state index contributed by atoms with van der Waals surface area (Å²) in [5.41, 5.74) is 1.27. The van der Waals surface area contributed by atoms with Gasteiger partial charge in [0.15, 0.2) is 0 Å². The van der Waals surface area contributed by atoms with Crippen molar-refractivity contribution in [3.05, 3.63) is 17.7 Å². The third-order valence-electron chi connectivity index (χ3n) is 3.72. The van der Waals surface area contributed by atoms with Crippen LogP contribution in [0.5, 0.6) is 0 Å². The predicted octanol–water partition coefficient (Wildman–Crippen LogP) is 2.20. The van der Waals surface area contributed by atoms with Gasteiger partial charge in [0.1, 0.15) is 5.82 Å². The van der Waals surface area contributed by atoms with Crippen molar-refractivity contribution in [2.24, 2.45) is 0 Å². The lowest BCUT2D eigenvalue weighted by molar-refractivity contribution is 0.463.